The van der Waals surface area contributed by atoms with E-state index in [1.54, 1.807) is 27.7 Å². The normalized spacial score (nSPS) is 18.0. The highest BCUT2D eigenvalue weighted by Crippen LogP contribution is 2.35. The van der Waals surface area contributed by atoms with Crippen LogP contribution in [0.15, 0.2) is 0 Å². The van der Waals surface area contributed by atoms with Crippen molar-refractivity contribution in [2.24, 2.45) is 0 Å². The highest BCUT2D eigenvalue weighted by Gasteiger charge is 2.48. The maximum absolute atomic E-state index is 12.6. The third kappa shape index (κ3) is 5.56. The van der Waals surface area contributed by atoms with Crippen LogP contribution in [-0.2, 0) is 9.53 Å². The van der Waals surface area contributed by atoms with Crippen molar-refractivity contribution < 1.29 is 27.5 Å². The zero-order chi connectivity index (χ0) is 18.6. The van der Waals surface area contributed by atoms with Crippen LogP contribution in [0.3, 0.4) is 0 Å². The van der Waals surface area contributed by atoms with Gasteiger partial charge in [0.2, 0.25) is 5.91 Å². The van der Waals surface area contributed by atoms with E-state index in [1.807, 2.05) is 5.32 Å². The Balaban J connectivity index is 3.03. The summed E-state index contributed by atoms with van der Waals surface area (Å²) in [5, 5.41) is 1.95. The SMILES string of the molecule is CCN(C(=O)OC(C)(C)C)C1(C(=O)NCC(F)(F)F)CCCCC1. The largest absolute Gasteiger partial charge is 0.444 e. The average Bonchev–Trinajstić information content (AvgIpc) is 2.43. The molecule has 0 aromatic heterocycles. The van der Waals surface area contributed by atoms with Crippen molar-refractivity contribution in [3.63, 3.8) is 0 Å². The standard InChI is InChI=1S/C16H27F3N2O3/c1-5-21(13(23)24-14(2,3)4)15(9-7-6-8-10-15)12(22)20-11-16(17,18)19/h5-11H2,1-4H3,(H,20,22). The summed E-state index contributed by atoms with van der Waals surface area (Å²) >= 11 is 0. The molecule has 0 aromatic carbocycles. The lowest BCUT2D eigenvalue weighted by molar-refractivity contribution is -0.147. The third-order valence-corrected chi connectivity index (χ3v) is 4.00. The van der Waals surface area contributed by atoms with Crippen LogP contribution in [0.2, 0.25) is 0 Å². The van der Waals surface area contributed by atoms with Gasteiger partial charge in [-0.3, -0.25) is 9.69 Å². The minimum absolute atomic E-state index is 0.189. The minimum atomic E-state index is -4.49. The van der Waals surface area contributed by atoms with Crippen molar-refractivity contribution in [2.75, 3.05) is 13.1 Å². The fourth-order valence-electron chi connectivity index (χ4n) is 3.02. The predicted molar refractivity (Wildman–Crippen MR) is 83.5 cm³/mol. The molecule has 24 heavy (non-hydrogen) atoms. The first-order chi connectivity index (χ1) is 10.9. The molecule has 140 valence electrons. The molecular formula is C16H27F3N2O3. The summed E-state index contributed by atoms with van der Waals surface area (Å²) < 4.78 is 42.7. The number of carbonyl (C=O) groups is 2. The first-order valence-corrected chi connectivity index (χ1v) is 8.27. The van der Waals surface area contributed by atoms with Crippen molar-refractivity contribution in [3.8, 4) is 0 Å². The fourth-order valence-corrected chi connectivity index (χ4v) is 3.02. The second-order valence-corrected chi connectivity index (χ2v) is 7.11. The van der Waals surface area contributed by atoms with E-state index in [9.17, 15) is 22.8 Å². The van der Waals surface area contributed by atoms with E-state index in [0.717, 1.165) is 6.42 Å². The van der Waals surface area contributed by atoms with Crippen LogP contribution in [0.1, 0.15) is 59.8 Å². The van der Waals surface area contributed by atoms with Crippen LogP contribution < -0.4 is 5.32 Å². The number of nitrogens with one attached hydrogen (secondary N) is 1. The van der Waals surface area contributed by atoms with E-state index in [2.05, 4.69) is 0 Å². The van der Waals surface area contributed by atoms with Gasteiger partial charge >= 0.3 is 12.3 Å². The Bertz CT molecular complexity index is 452. The van der Waals surface area contributed by atoms with E-state index in [-0.39, 0.29) is 6.54 Å². The molecule has 1 saturated carbocycles. The Hall–Kier alpha value is -1.47. The molecule has 5 nitrogen and oxygen atoms in total. The molecule has 2 amide bonds. The number of ether oxygens (including phenoxy) is 1. The quantitative estimate of drug-likeness (QED) is 0.841. The summed E-state index contributed by atoms with van der Waals surface area (Å²) in [6, 6.07) is 0. The van der Waals surface area contributed by atoms with E-state index in [1.165, 1.54) is 4.90 Å². The molecule has 1 fully saturated rings. The Labute approximate surface area is 140 Å². The highest BCUT2D eigenvalue weighted by atomic mass is 19.4. The first-order valence-electron chi connectivity index (χ1n) is 8.27. The molecule has 0 heterocycles. The second-order valence-electron chi connectivity index (χ2n) is 7.11. The minimum Gasteiger partial charge on any atom is -0.444 e. The van der Waals surface area contributed by atoms with Gasteiger partial charge < -0.3 is 10.1 Å². The van der Waals surface area contributed by atoms with Gasteiger partial charge in [0.1, 0.15) is 17.7 Å². The lowest BCUT2D eigenvalue weighted by Gasteiger charge is -2.44. The van der Waals surface area contributed by atoms with E-state index in [4.69, 9.17) is 4.74 Å². The number of hydrogen-bond donors (Lipinski definition) is 1. The molecule has 0 aliphatic heterocycles. The molecule has 0 unspecified atom stereocenters. The maximum Gasteiger partial charge on any atom is 0.411 e. The van der Waals surface area contributed by atoms with Crippen LogP contribution >= 0.6 is 0 Å². The summed E-state index contributed by atoms with van der Waals surface area (Å²) in [4.78, 5) is 26.4. The molecule has 0 bridgehead atoms. The zero-order valence-corrected chi connectivity index (χ0v) is 14.8. The van der Waals surface area contributed by atoms with Gasteiger partial charge in [0.25, 0.3) is 0 Å². The Morgan fingerprint density at radius 3 is 2.08 bits per heavy atom. The number of likely N-dealkylation sites (N-methyl/N-ethyl adjacent to an activating group) is 1. The molecule has 0 spiro atoms. The van der Waals surface area contributed by atoms with E-state index < -0.39 is 35.9 Å². The molecule has 0 atom stereocenters. The predicted octanol–water partition coefficient (Wildman–Crippen LogP) is 3.62. The highest BCUT2D eigenvalue weighted by molar-refractivity contribution is 5.90. The molecular weight excluding hydrogens is 325 g/mol. The van der Waals surface area contributed by atoms with Gasteiger partial charge in [0.05, 0.1) is 0 Å². The number of alkyl halides is 3. The van der Waals surface area contributed by atoms with Crippen LogP contribution in [0, 0.1) is 0 Å². The van der Waals surface area contributed by atoms with Crippen LogP contribution in [-0.4, -0.2) is 47.3 Å². The monoisotopic (exact) mass is 352 g/mol. The van der Waals surface area contributed by atoms with E-state index in [0.29, 0.717) is 25.7 Å². The number of hydrogen-bond acceptors (Lipinski definition) is 3. The summed E-state index contributed by atoms with van der Waals surface area (Å²) in [5.74, 6) is -0.757. The summed E-state index contributed by atoms with van der Waals surface area (Å²) in [6.07, 6.45) is -2.24. The van der Waals surface area contributed by atoms with Crippen molar-refractivity contribution in [3.05, 3.63) is 0 Å². The topological polar surface area (TPSA) is 58.6 Å². The van der Waals surface area contributed by atoms with Gasteiger partial charge in [-0.1, -0.05) is 19.3 Å². The number of carbonyl (C=O) groups excluding carboxylic acids is 2. The van der Waals surface area contributed by atoms with Crippen LogP contribution in [0.5, 0.6) is 0 Å². The molecule has 0 radical (unpaired) electrons. The molecule has 0 aromatic rings. The number of rotatable bonds is 4. The van der Waals surface area contributed by atoms with Crippen LogP contribution in [0.25, 0.3) is 0 Å². The molecule has 1 N–H and O–H groups in total. The van der Waals surface area contributed by atoms with Crippen molar-refractivity contribution in [1.82, 2.24) is 10.2 Å². The molecule has 1 aliphatic rings. The second kappa shape index (κ2) is 7.61. The molecule has 0 saturated heterocycles. The van der Waals surface area contributed by atoms with Gasteiger partial charge in [-0.25, -0.2) is 4.79 Å². The Morgan fingerprint density at radius 1 is 1.12 bits per heavy atom. The summed E-state index contributed by atoms with van der Waals surface area (Å²) in [5.41, 5.74) is -2.02. The van der Waals surface area contributed by atoms with Gasteiger partial charge in [0, 0.05) is 6.54 Å². The van der Waals surface area contributed by atoms with Crippen molar-refractivity contribution in [2.45, 2.75) is 77.1 Å². The van der Waals surface area contributed by atoms with Crippen LogP contribution in [0.4, 0.5) is 18.0 Å². The number of halogens is 3. The average molecular weight is 352 g/mol. The Morgan fingerprint density at radius 2 is 1.67 bits per heavy atom. The molecule has 1 aliphatic carbocycles. The fraction of sp³-hybridized carbons (Fsp3) is 0.875. The summed E-state index contributed by atoms with van der Waals surface area (Å²) in [7, 11) is 0. The molecule has 1 rings (SSSR count). The lowest BCUT2D eigenvalue weighted by Crippen LogP contribution is -2.62. The van der Waals surface area contributed by atoms with Gasteiger partial charge in [-0.05, 0) is 40.5 Å². The summed E-state index contributed by atoms with van der Waals surface area (Å²) in [6.45, 7) is 5.59. The van der Waals surface area contributed by atoms with E-state index >= 15 is 0 Å². The first kappa shape index (κ1) is 20.6. The van der Waals surface area contributed by atoms with Gasteiger partial charge in [-0.15, -0.1) is 0 Å². The van der Waals surface area contributed by atoms with Gasteiger partial charge in [0.15, 0.2) is 0 Å². The van der Waals surface area contributed by atoms with Gasteiger partial charge in [-0.2, -0.15) is 13.2 Å². The van der Waals surface area contributed by atoms with Crippen molar-refractivity contribution >= 4 is 12.0 Å². The molecule has 8 heteroatoms. The zero-order valence-electron chi connectivity index (χ0n) is 14.8. The van der Waals surface area contributed by atoms with Crippen molar-refractivity contribution in [1.29, 1.82) is 0 Å². The smallest absolute Gasteiger partial charge is 0.411 e. The third-order valence-electron chi connectivity index (χ3n) is 4.00. The number of nitrogens with zero attached hydrogens (tertiary/aromatic N) is 1. The maximum atomic E-state index is 12.6. The Kier molecular flexibility index (Phi) is 6.52. The number of amides is 2. The lowest BCUT2D eigenvalue weighted by atomic mass is 9.79.